The van der Waals surface area contributed by atoms with E-state index in [1.165, 1.54) is 4.90 Å². The molecule has 6 atom stereocenters. The number of carbonyl (C=O) groups excluding carboxylic acids is 4. The van der Waals surface area contributed by atoms with Gasteiger partial charge in [0.1, 0.15) is 23.4 Å². The van der Waals surface area contributed by atoms with Gasteiger partial charge in [-0.15, -0.1) is 6.58 Å². The van der Waals surface area contributed by atoms with Crippen molar-refractivity contribution in [2.75, 3.05) is 27.3 Å². The van der Waals surface area contributed by atoms with Crippen LogP contribution < -0.4 is 18.9 Å². The fraction of sp³-hybridized carbons (Fsp3) is 0.449. The Hall–Kier alpha value is -5.76. The number of hydrogen-bond donors (Lipinski definition) is 1. The fourth-order valence-corrected chi connectivity index (χ4v) is 10.6. The largest absolute Gasteiger partial charge is 0.497 e. The number of rotatable bonds is 16. The Morgan fingerprint density at radius 3 is 2.30 bits per heavy atom. The van der Waals surface area contributed by atoms with Gasteiger partial charge in [0.25, 0.3) is 0 Å². The molecule has 332 valence electrons. The van der Waals surface area contributed by atoms with Gasteiger partial charge in [-0.1, -0.05) is 69.3 Å². The van der Waals surface area contributed by atoms with Crippen LogP contribution in [0.4, 0.5) is 0 Å². The first-order chi connectivity index (χ1) is 30.0. The molecule has 4 aliphatic rings. The molecule has 1 aromatic heterocycles. The molecule has 0 radical (unpaired) electrons. The monoisotopic (exact) mass is 876 g/mol. The van der Waals surface area contributed by atoms with Crippen molar-refractivity contribution >= 4 is 44.4 Å². The number of nitrogens with zero attached hydrogens (tertiary/aromatic N) is 3. The lowest BCUT2D eigenvalue weighted by molar-refractivity contribution is -0.150. The predicted molar refractivity (Wildman–Crippen MR) is 238 cm³/mol. The maximum Gasteiger partial charge on any atom is 0.240 e. The molecule has 2 aliphatic heterocycles. The highest BCUT2D eigenvalue weighted by Crippen LogP contribution is 2.57. The third kappa shape index (κ3) is 8.91. The number of Topliss-reactive ketones (excluding diaryl/α,β-unsaturated/α-hetero) is 1. The van der Waals surface area contributed by atoms with Crippen molar-refractivity contribution in [1.82, 2.24) is 19.5 Å². The molecule has 1 unspecified atom stereocenters. The van der Waals surface area contributed by atoms with Crippen molar-refractivity contribution in [3.63, 3.8) is 0 Å². The second-order valence-electron chi connectivity index (χ2n) is 18.5. The van der Waals surface area contributed by atoms with Gasteiger partial charge < -0.3 is 24.0 Å². The summed E-state index contributed by atoms with van der Waals surface area (Å²) < 4.78 is 45.9. The predicted octanol–water partition coefficient (Wildman–Crippen LogP) is 7.05. The quantitative estimate of drug-likeness (QED) is 0.116. The lowest BCUT2D eigenvalue weighted by atomic mass is 9.77. The number of ketones is 1. The van der Waals surface area contributed by atoms with Crippen molar-refractivity contribution in [3.05, 3.63) is 97.1 Å². The number of ether oxygens (including phenoxy) is 3. The smallest absolute Gasteiger partial charge is 0.240 e. The van der Waals surface area contributed by atoms with Gasteiger partial charge in [-0.05, 0) is 66.8 Å². The second-order valence-corrected chi connectivity index (χ2v) is 20.5. The summed E-state index contributed by atoms with van der Waals surface area (Å²) in [5.74, 6) is -1.04. The summed E-state index contributed by atoms with van der Waals surface area (Å²) in [6.45, 7) is 10.2. The second kappa shape index (κ2) is 17.1. The van der Waals surface area contributed by atoms with E-state index in [0.717, 1.165) is 17.5 Å². The molecule has 3 amide bonds. The highest BCUT2D eigenvalue weighted by Gasteiger charge is 2.61. The van der Waals surface area contributed by atoms with Crippen molar-refractivity contribution in [2.45, 2.75) is 89.2 Å². The molecule has 14 heteroatoms. The average molecular weight is 877 g/mol. The number of amides is 3. The highest BCUT2D eigenvalue weighted by molar-refractivity contribution is 7.90. The lowest BCUT2D eigenvalue weighted by Gasteiger charge is -2.43. The molecule has 3 aromatic carbocycles. The summed E-state index contributed by atoms with van der Waals surface area (Å²) in [5.41, 5.74) is 1.11. The minimum atomic E-state index is -3.88. The van der Waals surface area contributed by atoms with Gasteiger partial charge in [0.05, 0.1) is 60.6 Å². The molecule has 2 saturated heterocycles. The zero-order valence-corrected chi connectivity index (χ0v) is 37.4. The van der Waals surface area contributed by atoms with Crippen LogP contribution in [0.3, 0.4) is 0 Å². The zero-order valence-electron chi connectivity index (χ0n) is 36.5. The van der Waals surface area contributed by atoms with Gasteiger partial charge in [-0.25, -0.2) is 13.4 Å². The summed E-state index contributed by atoms with van der Waals surface area (Å²) in [6, 6.07) is 23.5. The van der Waals surface area contributed by atoms with Crippen LogP contribution in [0.1, 0.15) is 77.3 Å². The number of aromatic nitrogens is 1. The minimum absolute atomic E-state index is 0.0347. The van der Waals surface area contributed by atoms with Crippen LogP contribution in [0.25, 0.3) is 22.2 Å². The van der Waals surface area contributed by atoms with Crippen LogP contribution in [-0.4, -0.2) is 91.4 Å². The normalized spacial score (nSPS) is 23.6. The molecule has 8 rings (SSSR count). The number of carbonyl (C=O) groups is 4. The molecule has 1 N–H and O–H groups in total. The Morgan fingerprint density at radius 2 is 1.67 bits per heavy atom. The lowest BCUT2D eigenvalue weighted by Crippen LogP contribution is -2.51. The van der Waals surface area contributed by atoms with Crippen LogP contribution in [-0.2, 0) is 29.2 Å². The SMILES string of the molecule is C=C[C@@H]1C[C@]1(CC(=O)[C@@H]1C[C@@H](Oc2cc(-c3ccccc3)nc3cc(OC)ccc23)CN1C(=O)[C@@H](CC(=O)N1CCC1c1cccc(OC)c1)C(C)(C)C)C(=O)NS(=O)(=O)C1CC1. The topological polar surface area (TPSA) is 162 Å². The number of likely N-dealkylation sites (tertiary alicyclic amines) is 2. The van der Waals surface area contributed by atoms with Crippen molar-refractivity contribution in [1.29, 1.82) is 0 Å². The van der Waals surface area contributed by atoms with Crippen molar-refractivity contribution in [3.8, 4) is 28.5 Å². The number of benzene rings is 3. The molecule has 4 aromatic rings. The Kier molecular flexibility index (Phi) is 11.9. The van der Waals surface area contributed by atoms with Crippen LogP contribution in [0.15, 0.2) is 91.5 Å². The number of nitrogens with one attached hydrogen (secondary N) is 1. The molecule has 0 spiro atoms. The molecule has 0 bridgehead atoms. The van der Waals surface area contributed by atoms with E-state index in [0.29, 0.717) is 53.2 Å². The minimum Gasteiger partial charge on any atom is -0.497 e. The summed E-state index contributed by atoms with van der Waals surface area (Å²) >= 11 is 0. The standard InChI is InChI=1S/C49H56N4O9S/c1-7-32-27-49(32,47(57)51-63(58,59)36-17-18-36)28-43(54)42-24-35(62-44-26-39(30-12-9-8-10-13-30)50-40-23-34(61-6)16-19-37(40)44)29-53(42)46(56)38(48(2,3)4)25-45(55)52-21-20-41(52)31-14-11-15-33(22-31)60-5/h7-16,19,22-23,26,32,35-36,38,41-42H,1,17-18,20-21,24-25,27-29H2,2-6H3,(H,51,57)/t32-,35-,38-,41?,42+,49-/m1/s1. The number of hydrogen-bond acceptors (Lipinski definition) is 10. The number of fused-ring (bicyclic) bond motifs is 1. The van der Waals surface area contributed by atoms with E-state index in [9.17, 15) is 22.8 Å². The Labute approximate surface area is 369 Å². The first-order valence-electron chi connectivity index (χ1n) is 21.7. The van der Waals surface area contributed by atoms with Crippen molar-refractivity contribution in [2.24, 2.45) is 22.7 Å². The Balaban J connectivity index is 1.11. The fourth-order valence-electron chi connectivity index (χ4n) is 9.21. The van der Waals surface area contributed by atoms with E-state index >= 15 is 4.79 Å². The third-order valence-electron chi connectivity index (χ3n) is 13.4. The van der Waals surface area contributed by atoms with E-state index in [2.05, 4.69) is 11.3 Å². The van der Waals surface area contributed by atoms with Crippen LogP contribution in [0.5, 0.6) is 17.2 Å². The van der Waals surface area contributed by atoms with Gasteiger partial charge in [-0.2, -0.15) is 0 Å². The van der Waals surface area contributed by atoms with Gasteiger partial charge in [-0.3, -0.25) is 23.9 Å². The third-order valence-corrected chi connectivity index (χ3v) is 15.2. The van der Waals surface area contributed by atoms with Gasteiger partial charge in [0.15, 0.2) is 5.78 Å². The maximum atomic E-state index is 15.2. The number of pyridine rings is 1. The molecular formula is C49H56N4O9S. The zero-order chi connectivity index (χ0) is 44.8. The summed E-state index contributed by atoms with van der Waals surface area (Å²) in [7, 11) is -0.699. The Morgan fingerprint density at radius 1 is 0.937 bits per heavy atom. The van der Waals surface area contributed by atoms with E-state index < -0.39 is 56.0 Å². The summed E-state index contributed by atoms with van der Waals surface area (Å²) in [5, 5.41) is 0.0867. The molecular weight excluding hydrogens is 821 g/mol. The molecule has 2 saturated carbocycles. The highest BCUT2D eigenvalue weighted by atomic mass is 32.2. The van der Waals surface area contributed by atoms with Gasteiger partial charge >= 0.3 is 0 Å². The van der Waals surface area contributed by atoms with E-state index in [-0.39, 0.29) is 55.9 Å². The van der Waals surface area contributed by atoms with Crippen LogP contribution >= 0.6 is 0 Å². The molecule has 63 heavy (non-hydrogen) atoms. The summed E-state index contributed by atoms with van der Waals surface area (Å²) in [4.78, 5) is 66.2. The van der Waals surface area contributed by atoms with E-state index in [1.807, 2.05) is 99.6 Å². The first kappa shape index (κ1) is 43.9. The molecule has 13 nitrogen and oxygen atoms in total. The van der Waals surface area contributed by atoms with Gasteiger partial charge in [0, 0.05) is 48.9 Å². The van der Waals surface area contributed by atoms with Gasteiger partial charge in [0.2, 0.25) is 27.7 Å². The van der Waals surface area contributed by atoms with E-state index in [4.69, 9.17) is 19.2 Å². The first-order valence-corrected chi connectivity index (χ1v) is 23.3. The molecule has 3 heterocycles. The Bertz CT molecular complexity index is 2550. The average Bonchev–Trinajstić information content (AvgIpc) is 4.18. The molecule has 4 fully saturated rings. The van der Waals surface area contributed by atoms with E-state index in [1.54, 1.807) is 25.2 Å². The molecule has 2 aliphatic carbocycles. The number of methoxy groups -OCH3 is 2. The van der Waals surface area contributed by atoms with Crippen LogP contribution in [0.2, 0.25) is 0 Å². The van der Waals surface area contributed by atoms with Crippen molar-refractivity contribution < 1.29 is 41.8 Å². The number of allylic oxidation sites excluding steroid dienone is 1. The van der Waals surface area contributed by atoms with Crippen LogP contribution in [0, 0.1) is 22.7 Å². The maximum absolute atomic E-state index is 15.2. The number of sulfonamides is 1. The summed E-state index contributed by atoms with van der Waals surface area (Å²) in [6.07, 6.45) is 2.65.